The van der Waals surface area contributed by atoms with Gasteiger partial charge in [-0.15, -0.1) is 0 Å². The van der Waals surface area contributed by atoms with E-state index < -0.39 is 12.1 Å². The number of hydrogen-bond donors (Lipinski definition) is 1. The second-order valence-corrected chi connectivity index (χ2v) is 5.19. The Kier molecular flexibility index (Phi) is 4.78. The van der Waals surface area contributed by atoms with Crippen LogP contribution in [-0.2, 0) is 16.6 Å². The number of benzene rings is 1. The van der Waals surface area contributed by atoms with Gasteiger partial charge in [-0.25, -0.2) is 4.79 Å². The maximum absolute atomic E-state index is 12.1. The van der Waals surface area contributed by atoms with Crippen molar-refractivity contribution >= 4 is 11.8 Å². The molecular formula is C17H19NO4. The van der Waals surface area contributed by atoms with Crippen LogP contribution in [0.15, 0.2) is 36.4 Å². The van der Waals surface area contributed by atoms with E-state index in [4.69, 9.17) is 4.74 Å². The molecule has 5 nitrogen and oxygen atoms in total. The molecule has 1 aromatic heterocycles. The fourth-order valence-electron chi connectivity index (χ4n) is 2.20. The van der Waals surface area contributed by atoms with Gasteiger partial charge < -0.3 is 14.4 Å². The summed E-state index contributed by atoms with van der Waals surface area (Å²) in [5.74, 6) is -1.11. The second-order valence-electron chi connectivity index (χ2n) is 5.19. The summed E-state index contributed by atoms with van der Waals surface area (Å²) in [4.78, 5) is 23.9. The van der Waals surface area contributed by atoms with E-state index in [1.54, 1.807) is 36.4 Å². The molecule has 1 atom stereocenters. The largest absolute Gasteiger partial charge is 0.455 e. The summed E-state index contributed by atoms with van der Waals surface area (Å²) in [5.41, 5.74) is 2.74. The third-order valence-electron chi connectivity index (χ3n) is 3.76. The number of esters is 1. The van der Waals surface area contributed by atoms with Crippen LogP contribution < -0.4 is 0 Å². The van der Waals surface area contributed by atoms with E-state index in [0.29, 0.717) is 11.1 Å². The molecule has 0 bridgehead atoms. The maximum Gasteiger partial charge on any atom is 0.340 e. The Morgan fingerprint density at radius 1 is 1.23 bits per heavy atom. The normalized spacial score (nSPS) is 12.0. The fraction of sp³-hybridized carbons (Fsp3) is 0.294. The van der Waals surface area contributed by atoms with Gasteiger partial charge in [-0.05, 0) is 25.5 Å². The van der Waals surface area contributed by atoms with Crippen LogP contribution in [0.3, 0.4) is 0 Å². The fourth-order valence-corrected chi connectivity index (χ4v) is 2.20. The Hall–Kier alpha value is -2.40. The van der Waals surface area contributed by atoms with Crippen molar-refractivity contribution < 1.29 is 19.4 Å². The van der Waals surface area contributed by atoms with Crippen LogP contribution in [0.2, 0.25) is 0 Å². The molecule has 1 N–H and O–H groups in total. The lowest BCUT2D eigenvalue weighted by atomic mass is 10.1. The summed E-state index contributed by atoms with van der Waals surface area (Å²) in [6.45, 7) is 3.35. The highest BCUT2D eigenvalue weighted by molar-refractivity contribution is 5.99. The van der Waals surface area contributed by atoms with Crippen molar-refractivity contribution in [3.05, 3.63) is 58.9 Å². The van der Waals surface area contributed by atoms with Crippen molar-refractivity contribution in [1.29, 1.82) is 0 Å². The van der Waals surface area contributed by atoms with Crippen LogP contribution >= 0.6 is 0 Å². The molecule has 0 spiro atoms. The zero-order valence-electron chi connectivity index (χ0n) is 12.9. The van der Waals surface area contributed by atoms with Gasteiger partial charge in [0.05, 0.1) is 0 Å². The summed E-state index contributed by atoms with van der Waals surface area (Å²) in [6, 6.07) is 10.2. The predicted molar refractivity (Wildman–Crippen MR) is 81.6 cm³/mol. The summed E-state index contributed by atoms with van der Waals surface area (Å²) in [7, 11) is 1.87. The van der Waals surface area contributed by atoms with Crippen molar-refractivity contribution in [1.82, 2.24) is 4.57 Å². The molecule has 0 saturated heterocycles. The lowest BCUT2D eigenvalue weighted by Crippen LogP contribution is -2.20. The number of hydrogen-bond acceptors (Lipinski definition) is 4. The van der Waals surface area contributed by atoms with E-state index in [-0.39, 0.29) is 12.4 Å². The first-order valence-corrected chi connectivity index (χ1v) is 6.97. The van der Waals surface area contributed by atoms with Gasteiger partial charge in [0.1, 0.15) is 0 Å². The topological polar surface area (TPSA) is 68.5 Å². The summed E-state index contributed by atoms with van der Waals surface area (Å²) >= 11 is 0. The van der Waals surface area contributed by atoms with Crippen molar-refractivity contribution in [2.45, 2.75) is 20.0 Å². The molecular weight excluding hydrogens is 282 g/mol. The standard InChI is InChI=1S/C17H19NO4/c1-11-9-14(12(2)18(11)3)15(19)10-22-17(21)16(20)13-7-5-4-6-8-13/h4-9,16,20H,10H2,1-3H3/t16-/m0/s1. The molecule has 22 heavy (non-hydrogen) atoms. The number of aromatic nitrogens is 1. The number of ketones is 1. The third kappa shape index (κ3) is 3.26. The third-order valence-corrected chi connectivity index (χ3v) is 3.76. The van der Waals surface area contributed by atoms with Gasteiger partial charge in [0.25, 0.3) is 0 Å². The molecule has 5 heteroatoms. The Labute approximate surface area is 129 Å². The summed E-state index contributed by atoms with van der Waals surface area (Å²) < 4.78 is 6.83. The smallest absolute Gasteiger partial charge is 0.340 e. The van der Waals surface area contributed by atoms with Gasteiger partial charge in [-0.1, -0.05) is 30.3 Å². The predicted octanol–water partition coefficient (Wildman–Crippen LogP) is 2.10. The number of aliphatic hydroxyl groups is 1. The highest BCUT2D eigenvalue weighted by Gasteiger charge is 2.21. The number of ether oxygens (including phenoxy) is 1. The van der Waals surface area contributed by atoms with Gasteiger partial charge in [0.2, 0.25) is 5.78 Å². The zero-order valence-corrected chi connectivity index (χ0v) is 12.9. The van der Waals surface area contributed by atoms with Crippen molar-refractivity contribution in [3.8, 4) is 0 Å². The quantitative estimate of drug-likeness (QED) is 0.678. The summed E-state index contributed by atoms with van der Waals surface area (Å²) in [6.07, 6.45) is -1.38. The minimum Gasteiger partial charge on any atom is -0.455 e. The first-order valence-electron chi connectivity index (χ1n) is 6.97. The number of Topliss-reactive ketones (excluding diaryl/α,β-unsaturated/α-hetero) is 1. The van der Waals surface area contributed by atoms with E-state index in [0.717, 1.165) is 11.4 Å². The number of rotatable bonds is 5. The number of aliphatic hydroxyl groups excluding tert-OH is 1. The Balaban J connectivity index is 1.99. The second kappa shape index (κ2) is 6.58. The minimum atomic E-state index is -1.38. The zero-order chi connectivity index (χ0) is 16.3. The number of carbonyl (C=O) groups excluding carboxylic acids is 2. The molecule has 0 aliphatic carbocycles. The Morgan fingerprint density at radius 2 is 1.86 bits per heavy atom. The van der Waals surface area contributed by atoms with E-state index >= 15 is 0 Å². The number of aryl methyl sites for hydroxylation is 1. The SMILES string of the molecule is Cc1cc(C(=O)COC(=O)[C@@H](O)c2ccccc2)c(C)n1C. The molecule has 0 amide bonds. The molecule has 0 radical (unpaired) electrons. The average molecular weight is 301 g/mol. The van der Waals surface area contributed by atoms with Gasteiger partial charge >= 0.3 is 5.97 Å². The van der Waals surface area contributed by atoms with Crippen LogP contribution in [-0.4, -0.2) is 28.0 Å². The number of carbonyl (C=O) groups is 2. The molecule has 2 rings (SSSR count). The first-order chi connectivity index (χ1) is 10.4. The van der Waals surface area contributed by atoms with Crippen molar-refractivity contribution in [3.63, 3.8) is 0 Å². The first kappa shape index (κ1) is 16.0. The van der Waals surface area contributed by atoms with Crippen LogP contribution in [0.25, 0.3) is 0 Å². The highest BCUT2D eigenvalue weighted by Crippen LogP contribution is 2.16. The molecule has 0 unspecified atom stereocenters. The lowest BCUT2D eigenvalue weighted by Gasteiger charge is -2.10. The van der Waals surface area contributed by atoms with E-state index in [9.17, 15) is 14.7 Å². The van der Waals surface area contributed by atoms with E-state index in [1.165, 1.54) is 0 Å². The van der Waals surface area contributed by atoms with Gasteiger partial charge in [0.15, 0.2) is 12.7 Å². The average Bonchev–Trinajstić information content (AvgIpc) is 2.80. The molecule has 0 aliphatic rings. The summed E-state index contributed by atoms with van der Waals surface area (Å²) in [5, 5.41) is 9.89. The van der Waals surface area contributed by atoms with E-state index in [1.807, 2.05) is 25.5 Å². The Morgan fingerprint density at radius 3 is 2.41 bits per heavy atom. The molecule has 1 aromatic carbocycles. The monoisotopic (exact) mass is 301 g/mol. The molecule has 0 aliphatic heterocycles. The Bertz CT molecular complexity index is 688. The molecule has 1 heterocycles. The van der Waals surface area contributed by atoms with Crippen LogP contribution in [0, 0.1) is 13.8 Å². The number of nitrogens with zero attached hydrogens (tertiary/aromatic N) is 1. The van der Waals surface area contributed by atoms with Crippen molar-refractivity contribution in [2.75, 3.05) is 6.61 Å². The molecule has 116 valence electrons. The van der Waals surface area contributed by atoms with Gasteiger partial charge in [-0.3, -0.25) is 4.79 Å². The highest BCUT2D eigenvalue weighted by atomic mass is 16.5. The minimum absolute atomic E-state index is 0.283. The molecule has 2 aromatic rings. The van der Waals surface area contributed by atoms with Crippen LogP contribution in [0.1, 0.15) is 33.4 Å². The van der Waals surface area contributed by atoms with E-state index in [2.05, 4.69) is 0 Å². The van der Waals surface area contributed by atoms with Crippen LogP contribution in [0.4, 0.5) is 0 Å². The molecule has 0 fully saturated rings. The molecule has 0 saturated carbocycles. The van der Waals surface area contributed by atoms with Crippen molar-refractivity contribution in [2.24, 2.45) is 7.05 Å². The maximum atomic E-state index is 12.1. The van der Waals surface area contributed by atoms with Gasteiger partial charge in [0, 0.05) is 24.0 Å². The lowest BCUT2D eigenvalue weighted by molar-refractivity contribution is -0.152. The van der Waals surface area contributed by atoms with Gasteiger partial charge in [-0.2, -0.15) is 0 Å². The van der Waals surface area contributed by atoms with Crippen LogP contribution in [0.5, 0.6) is 0 Å².